The molecule has 0 fully saturated rings. The van der Waals surface area contributed by atoms with E-state index in [1.54, 1.807) is 12.1 Å². The molecule has 0 saturated heterocycles. The number of hydrogen-bond donors (Lipinski definition) is 2. The van der Waals surface area contributed by atoms with Gasteiger partial charge in [-0.25, -0.2) is 13.2 Å². The number of carboxylic acids is 1. The van der Waals surface area contributed by atoms with Crippen LogP contribution in [0.5, 0.6) is 0 Å². The smallest absolute Gasteiger partial charge is 0.337 e. The van der Waals surface area contributed by atoms with Crippen LogP contribution in [0.4, 0.5) is 5.69 Å². The molecule has 0 aliphatic rings. The van der Waals surface area contributed by atoms with Crippen LogP contribution >= 0.6 is 0 Å². The van der Waals surface area contributed by atoms with Gasteiger partial charge in [-0.3, -0.25) is 0 Å². The third-order valence-electron chi connectivity index (χ3n) is 2.41. The first-order valence-corrected chi connectivity index (χ1v) is 7.61. The van der Waals surface area contributed by atoms with E-state index >= 15 is 0 Å². The van der Waals surface area contributed by atoms with E-state index in [-0.39, 0.29) is 11.3 Å². The number of benzene rings is 1. The van der Waals surface area contributed by atoms with Gasteiger partial charge in [-0.1, -0.05) is 6.07 Å². The SMILES string of the molecule is Cc1ccc(C(=O)O)c(NCCCS(C)(=O)=O)c1. The lowest BCUT2D eigenvalue weighted by Crippen LogP contribution is -2.12. The number of carboxylic acid groups (broad SMARTS) is 1. The van der Waals surface area contributed by atoms with Gasteiger partial charge < -0.3 is 10.4 Å². The number of rotatable bonds is 6. The Balaban J connectivity index is 2.66. The van der Waals surface area contributed by atoms with Crippen molar-refractivity contribution in [2.75, 3.05) is 23.9 Å². The van der Waals surface area contributed by atoms with Crippen LogP contribution in [0.2, 0.25) is 0 Å². The first kappa shape index (κ1) is 14.5. The summed E-state index contributed by atoms with van der Waals surface area (Å²) in [5, 5.41) is 12.0. The zero-order chi connectivity index (χ0) is 13.8. The monoisotopic (exact) mass is 271 g/mol. The highest BCUT2D eigenvalue weighted by Gasteiger charge is 2.09. The summed E-state index contributed by atoms with van der Waals surface area (Å²) in [7, 11) is -2.97. The number of sulfone groups is 1. The molecule has 0 aromatic heterocycles. The molecule has 6 heteroatoms. The van der Waals surface area contributed by atoms with Gasteiger partial charge >= 0.3 is 5.97 Å². The fourth-order valence-electron chi connectivity index (χ4n) is 1.55. The summed E-state index contributed by atoms with van der Waals surface area (Å²) in [6.07, 6.45) is 1.63. The van der Waals surface area contributed by atoms with Crippen molar-refractivity contribution in [2.45, 2.75) is 13.3 Å². The second-order valence-corrected chi connectivity index (χ2v) is 6.52. The average molecular weight is 271 g/mol. The maximum absolute atomic E-state index is 11.0. The van der Waals surface area contributed by atoms with Gasteiger partial charge in [-0.2, -0.15) is 0 Å². The summed E-state index contributed by atoms with van der Waals surface area (Å²) in [4.78, 5) is 11.0. The number of anilines is 1. The molecule has 0 aliphatic heterocycles. The first-order valence-electron chi connectivity index (χ1n) is 5.55. The average Bonchev–Trinajstić information content (AvgIpc) is 2.22. The molecule has 0 amide bonds. The zero-order valence-electron chi connectivity index (χ0n) is 10.4. The van der Waals surface area contributed by atoms with Crippen LogP contribution in [0, 0.1) is 6.92 Å². The Morgan fingerprint density at radius 2 is 2.06 bits per heavy atom. The summed E-state index contributed by atoms with van der Waals surface area (Å²) in [5.41, 5.74) is 1.67. The predicted molar refractivity (Wildman–Crippen MR) is 71.0 cm³/mol. The van der Waals surface area contributed by atoms with E-state index in [4.69, 9.17) is 5.11 Å². The Morgan fingerprint density at radius 3 is 2.61 bits per heavy atom. The second-order valence-electron chi connectivity index (χ2n) is 4.26. The van der Waals surface area contributed by atoms with Crippen molar-refractivity contribution in [1.29, 1.82) is 0 Å². The normalized spacial score (nSPS) is 11.2. The fraction of sp³-hybridized carbons (Fsp3) is 0.417. The van der Waals surface area contributed by atoms with E-state index in [2.05, 4.69) is 5.32 Å². The summed E-state index contributed by atoms with van der Waals surface area (Å²) < 4.78 is 21.9. The van der Waals surface area contributed by atoms with Crippen LogP contribution in [0.1, 0.15) is 22.3 Å². The molecule has 100 valence electrons. The Bertz CT molecular complexity index is 537. The highest BCUT2D eigenvalue weighted by atomic mass is 32.2. The number of aryl methyl sites for hydroxylation is 1. The maximum atomic E-state index is 11.0. The van der Waals surface area contributed by atoms with E-state index in [0.29, 0.717) is 18.7 Å². The van der Waals surface area contributed by atoms with E-state index in [0.717, 1.165) is 5.56 Å². The van der Waals surface area contributed by atoms with Crippen molar-refractivity contribution in [3.8, 4) is 0 Å². The minimum Gasteiger partial charge on any atom is -0.478 e. The van der Waals surface area contributed by atoms with E-state index in [9.17, 15) is 13.2 Å². The summed E-state index contributed by atoms with van der Waals surface area (Å²) in [6, 6.07) is 5.01. The number of carbonyl (C=O) groups is 1. The van der Waals surface area contributed by atoms with Crippen LogP contribution in [0.3, 0.4) is 0 Å². The summed E-state index contributed by atoms with van der Waals surface area (Å²) in [6.45, 7) is 2.30. The van der Waals surface area contributed by atoms with E-state index in [1.165, 1.54) is 12.3 Å². The topological polar surface area (TPSA) is 83.5 Å². The molecule has 0 bridgehead atoms. The minimum atomic E-state index is -2.97. The predicted octanol–water partition coefficient (Wildman–Crippen LogP) is 1.54. The number of hydrogen-bond acceptors (Lipinski definition) is 4. The van der Waals surface area contributed by atoms with Gasteiger partial charge in [0.05, 0.1) is 11.3 Å². The molecule has 2 N–H and O–H groups in total. The Hall–Kier alpha value is -1.56. The van der Waals surface area contributed by atoms with Crippen molar-refractivity contribution in [1.82, 2.24) is 0 Å². The fourth-order valence-corrected chi connectivity index (χ4v) is 2.22. The standard InChI is InChI=1S/C12H17NO4S/c1-9-4-5-10(12(14)15)11(8-9)13-6-3-7-18(2,16)17/h4-5,8,13H,3,6-7H2,1-2H3,(H,14,15). The molecule has 1 aromatic rings. The Kier molecular flexibility index (Phi) is 4.72. The van der Waals surface area contributed by atoms with Crippen LogP contribution in [0.25, 0.3) is 0 Å². The van der Waals surface area contributed by atoms with Crippen LogP contribution in [-0.2, 0) is 9.84 Å². The van der Waals surface area contributed by atoms with E-state index < -0.39 is 15.8 Å². The number of aromatic carboxylic acids is 1. The van der Waals surface area contributed by atoms with Crippen molar-refractivity contribution in [3.63, 3.8) is 0 Å². The maximum Gasteiger partial charge on any atom is 0.337 e. The lowest BCUT2D eigenvalue weighted by Gasteiger charge is -2.10. The molecule has 0 radical (unpaired) electrons. The van der Waals surface area contributed by atoms with E-state index in [1.807, 2.05) is 6.92 Å². The third kappa shape index (κ3) is 4.75. The number of nitrogens with one attached hydrogen (secondary N) is 1. The minimum absolute atomic E-state index is 0.0915. The highest BCUT2D eigenvalue weighted by molar-refractivity contribution is 7.90. The molecule has 0 spiro atoms. The molecule has 5 nitrogen and oxygen atoms in total. The van der Waals surface area contributed by atoms with Gasteiger partial charge in [0.2, 0.25) is 0 Å². The third-order valence-corrected chi connectivity index (χ3v) is 3.44. The van der Waals surface area contributed by atoms with Crippen molar-refractivity contribution >= 4 is 21.5 Å². The quantitative estimate of drug-likeness (QED) is 0.767. The van der Waals surface area contributed by atoms with Gasteiger partial charge in [0, 0.05) is 18.5 Å². The summed E-state index contributed by atoms with van der Waals surface area (Å²) >= 11 is 0. The molecule has 1 rings (SSSR count). The van der Waals surface area contributed by atoms with Gasteiger partial charge in [0.15, 0.2) is 0 Å². The lowest BCUT2D eigenvalue weighted by molar-refractivity contribution is 0.0698. The molecule has 1 aromatic carbocycles. The van der Waals surface area contributed by atoms with Crippen LogP contribution in [0.15, 0.2) is 18.2 Å². The summed E-state index contributed by atoms with van der Waals surface area (Å²) in [5.74, 6) is -0.908. The Labute approximate surface area is 107 Å². The molecule has 0 aliphatic carbocycles. The van der Waals surface area contributed by atoms with Crippen LogP contribution in [-0.4, -0.2) is 38.0 Å². The molecule has 18 heavy (non-hydrogen) atoms. The molecule has 0 unspecified atom stereocenters. The molecular weight excluding hydrogens is 254 g/mol. The first-order chi connectivity index (χ1) is 8.29. The lowest BCUT2D eigenvalue weighted by atomic mass is 10.1. The zero-order valence-corrected chi connectivity index (χ0v) is 11.3. The van der Waals surface area contributed by atoms with Gasteiger partial charge in [0.1, 0.15) is 9.84 Å². The largest absolute Gasteiger partial charge is 0.478 e. The highest BCUT2D eigenvalue weighted by Crippen LogP contribution is 2.17. The molecule has 0 atom stereocenters. The second kappa shape index (κ2) is 5.86. The van der Waals surface area contributed by atoms with Crippen molar-refractivity contribution in [3.05, 3.63) is 29.3 Å². The Morgan fingerprint density at radius 1 is 1.39 bits per heavy atom. The van der Waals surface area contributed by atoms with Crippen molar-refractivity contribution in [2.24, 2.45) is 0 Å². The van der Waals surface area contributed by atoms with Crippen molar-refractivity contribution < 1.29 is 18.3 Å². The van der Waals surface area contributed by atoms with Gasteiger partial charge in [-0.05, 0) is 31.0 Å². The molecular formula is C12H17NO4S. The molecule has 0 saturated carbocycles. The molecule has 0 heterocycles. The van der Waals surface area contributed by atoms with Gasteiger partial charge in [0.25, 0.3) is 0 Å². The van der Waals surface area contributed by atoms with Crippen LogP contribution < -0.4 is 5.32 Å². The van der Waals surface area contributed by atoms with Gasteiger partial charge in [-0.15, -0.1) is 0 Å².